The summed E-state index contributed by atoms with van der Waals surface area (Å²) in [7, 11) is 0. The zero-order valence-corrected chi connectivity index (χ0v) is 14.2. The largest absolute Gasteiger partial charge is 0.486 e. The predicted octanol–water partition coefficient (Wildman–Crippen LogP) is 3.22. The average molecular weight is 395 g/mol. The summed E-state index contributed by atoms with van der Waals surface area (Å²) in [5.41, 5.74) is 1.70. The van der Waals surface area contributed by atoms with Crippen molar-refractivity contribution < 1.29 is 19.4 Å². The van der Waals surface area contributed by atoms with Crippen molar-refractivity contribution in [3.63, 3.8) is 0 Å². The molecular weight excluding hydrogens is 384 g/mol. The summed E-state index contributed by atoms with van der Waals surface area (Å²) >= 11 is 4.92. The second-order valence-electron chi connectivity index (χ2n) is 5.06. The Hall–Kier alpha value is -2.06. The zero-order chi connectivity index (χ0) is 16.0. The van der Waals surface area contributed by atoms with E-state index >= 15 is 0 Å². The van der Waals surface area contributed by atoms with Gasteiger partial charge in [-0.05, 0) is 28.1 Å². The Morgan fingerprint density at radius 2 is 2.04 bits per heavy atom. The molecule has 23 heavy (non-hydrogen) atoms. The Bertz CT molecular complexity index is 886. The van der Waals surface area contributed by atoms with Gasteiger partial charge in [0.15, 0.2) is 16.5 Å². The van der Waals surface area contributed by atoms with E-state index < -0.39 is 5.97 Å². The number of rotatable bonds is 3. The number of carboxylic acids is 1. The highest BCUT2D eigenvalue weighted by molar-refractivity contribution is 9.10. The van der Waals surface area contributed by atoms with Crippen molar-refractivity contribution in [3.05, 3.63) is 33.9 Å². The van der Waals surface area contributed by atoms with E-state index in [4.69, 9.17) is 14.6 Å². The zero-order valence-electron chi connectivity index (χ0n) is 11.8. The maximum absolute atomic E-state index is 10.8. The second-order valence-corrected chi connectivity index (χ2v) is 7.01. The summed E-state index contributed by atoms with van der Waals surface area (Å²) < 4.78 is 13.9. The molecule has 118 valence electrons. The van der Waals surface area contributed by atoms with Crippen LogP contribution in [-0.4, -0.2) is 33.7 Å². The fraction of sp³-hybridized carbons (Fsp3) is 0.200. The van der Waals surface area contributed by atoms with Gasteiger partial charge in [-0.15, -0.1) is 11.3 Å². The molecule has 1 aliphatic heterocycles. The highest BCUT2D eigenvalue weighted by Gasteiger charge is 2.18. The molecule has 0 radical (unpaired) electrons. The first-order valence-electron chi connectivity index (χ1n) is 6.89. The van der Waals surface area contributed by atoms with Crippen LogP contribution in [0.25, 0.3) is 16.2 Å². The molecule has 0 unspecified atom stereocenters. The van der Waals surface area contributed by atoms with E-state index in [-0.39, 0.29) is 6.42 Å². The molecule has 0 spiro atoms. The number of hydrogen-bond donors (Lipinski definition) is 1. The third-order valence-electron chi connectivity index (χ3n) is 3.44. The van der Waals surface area contributed by atoms with Crippen molar-refractivity contribution in [1.82, 2.24) is 9.38 Å². The van der Waals surface area contributed by atoms with E-state index in [9.17, 15) is 4.79 Å². The van der Waals surface area contributed by atoms with Crippen LogP contribution in [-0.2, 0) is 11.2 Å². The van der Waals surface area contributed by atoms with Crippen LogP contribution in [0.15, 0.2) is 29.0 Å². The number of benzene rings is 1. The van der Waals surface area contributed by atoms with Gasteiger partial charge in [-0.1, -0.05) is 0 Å². The Kier molecular flexibility index (Phi) is 3.50. The molecule has 8 heteroatoms. The lowest BCUT2D eigenvalue weighted by atomic mass is 10.1. The normalized spacial score (nSPS) is 13.4. The predicted molar refractivity (Wildman–Crippen MR) is 88.5 cm³/mol. The van der Waals surface area contributed by atoms with E-state index in [1.807, 2.05) is 22.7 Å². The number of nitrogens with zero attached hydrogens (tertiary/aromatic N) is 2. The molecule has 1 N–H and O–H groups in total. The molecule has 0 atom stereocenters. The van der Waals surface area contributed by atoms with Crippen molar-refractivity contribution in [3.8, 4) is 22.8 Å². The Labute approximate surface area is 143 Å². The average Bonchev–Trinajstić information content (AvgIpc) is 3.03. The number of aromatic nitrogens is 2. The van der Waals surface area contributed by atoms with Crippen molar-refractivity contribution in [2.24, 2.45) is 0 Å². The molecule has 6 nitrogen and oxygen atoms in total. The van der Waals surface area contributed by atoms with Crippen LogP contribution in [0.2, 0.25) is 0 Å². The van der Waals surface area contributed by atoms with Crippen molar-refractivity contribution in [2.75, 3.05) is 13.2 Å². The molecule has 3 heterocycles. The van der Waals surface area contributed by atoms with Gasteiger partial charge >= 0.3 is 5.97 Å². The molecule has 0 bridgehead atoms. The molecule has 3 aromatic rings. The lowest BCUT2D eigenvalue weighted by molar-refractivity contribution is -0.136. The standard InChI is InChI=1S/C15H11BrN2O4S/c16-10-5-13-12(21-1-2-22-13)4-9(10)11-7-18-6-8(3-14(19)20)23-15(18)17-11/h4-7H,1-3H2,(H,19,20). The van der Waals surface area contributed by atoms with E-state index in [2.05, 4.69) is 20.9 Å². The summed E-state index contributed by atoms with van der Waals surface area (Å²) in [5.74, 6) is 0.582. The first-order valence-corrected chi connectivity index (χ1v) is 8.50. The summed E-state index contributed by atoms with van der Waals surface area (Å²) in [6.07, 6.45) is 3.70. The number of hydrogen-bond acceptors (Lipinski definition) is 5. The minimum absolute atomic E-state index is 0.0110. The first-order chi connectivity index (χ1) is 11.1. The Balaban J connectivity index is 1.74. The van der Waals surface area contributed by atoms with Gasteiger partial charge in [-0.3, -0.25) is 9.20 Å². The van der Waals surface area contributed by atoms with Crippen LogP contribution in [0.3, 0.4) is 0 Å². The number of fused-ring (bicyclic) bond motifs is 2. The number of halogens is 1. The maximum atomic E-state index is 10.8. The minimum Gasteiger partial charge on any atom is -0.486 e. The molecule has 0 aliphatic carbocycles. The SMILES string of the molecule is O=C(O)Cc1cn2cc(-c3cc4c(cc3Br)OCCO4)nc2s1. The van der Waals surface area contributed by atoms with Crippen LogP contribution in [0.5, 0.6) is 11.5 Å². The fourth-order valence-corrected chi connectivity index (χ4v) is 3.94. The van der Waals surface area contributed by atoms with E-state index in [1.165, 1.54) is 11.3 Å². The lowest BCUT2D eigenvalue weighted by Crippen LogP contribution is -2.15. The molecule has 2 aromatic heterocycles. The number of imidazole rings is 1. The van der Waals surface area contributed by atoms with Gasteiger partial charge < -0.3 is 14.6 Å². The minimum atomic E-state index is -0.843. The molecular formula is C15H11BrN2O4S. The summed E-state index contributed by atoms with van der Waals surface area (Å²) in [6.45, 7) is 1.08. The number of thiazole rings is 1. The highest BCUT2D eigenvalue weighted by Crippen LogP contribution is 2.40. The van der Waals surface area contributed by atoms with Gasteiger partial charge in [0, 0.05) is 27.3 Å². The number of carboxylic acid groups (broad SMARTS) is 1. The first kappa shape index (κ1) is 14.5. The molecule has 0 fully saturated rings. The molecule has 0 saturated heterocycles. The summed E-state index contributed by atoms with van der Waals surface area (Å²) in [6, 6.07) is 3.79. The van der Waals surface area contributed by atoms with E-state index in [0.717, 1.165) is 31.3 Å². The summed E-state index contributed by atoms with van der Waals surface area (Å²) in [4.78, 5) is 16.9. The molecule has 4 rings (SSSR count). The Morgan fingerprint density at radius 1 is 1.30 bits per heavy atom. The van der Waals surface area contributed by atoms with Gasteiger partial charge in [0.25, 0.3) is 0 Å². The molecule has 1 aromatic carbocycles. The lowest BCUT2D eigenvalue weighted by Gasteiger charge is -2.19. The van der Waals surface area contributed by atoms with Gasteiger partial charge in [-0.25, -0.2) is 4.98 Å². The van der Waals surface area contributed by atoms with E-state index in [0.29, 0.717) is 19.0 Å². The molecule has 0 saturated carbocycles. The van der Waals surface area contributed by atoms with E-state index in [1.54, 1.807) is 6.20 Å². The van der Waals surface area contributed by atoms with Crippen LogP contribution < -0.4 is 9.47 Å². The fourth-order valence-electron chi connectivity index (χ4n) is 2.46. The summed E-state index contributed by atoms with van der Waals surface area (Å²) in [5, 5.41) is 8.86. The van der Waals surface area contributed by atoms with Gasteiger partial charge in [-0.2, -0.15) is 0 Å². The smallest absolute Gasteiger partial charge is 0.308 e. The van der Waals surface area contributed by atoms with Gasteiger partial charge in [0.05, 0.1) is 12.1 Å². The monoisotopic (exact) mass is 394 g/mol. The van der Waals surface area contributed by atoms with Crippen molar-refractivity contribution in [2.45, 2.75) is 6.42 Å². The van der Waals surface area contributed by atoms with Crippen LogP contribution >= 0.6 is 27.3 Å². The van der Waals surface area contributed by atoms with Gasteiger partial charge in [0.2, 0.25) is 0 Å². The number of aliphatic carboxylic acids is 1. The van der Waals surface area contributed by atoms with Crippen molar-refractivity contribution in [1.29, 1.82) is 0 Å². The van der Waals surface area contributed by atoms with Gasteiger partial charge in [0.1, 0.15) is 13.2 Å². The third-order valence-corrected chi connectivity index (χ3v) is 5.09. The molecule has 0 amide bonds. The Morgan fingerprint density at radius 3 is 2.74 bits per heavy atom. The number of carbonyl (C=O) groups is 1. The van der Waals surface area contributed by atoms with Crippen molar-refractivity contribution >= 4 is 38.2 Å². The highest BCUT2D eigenvalue weighted by atomic mass is 79.9. The van der Waals surface area contributed by atoms with Crippen LogP contribution in [0, 0.1) is 0 Å². The quantitative estimate of drug-likeness (QED) is 0.737. The van der Waals surface area contributed by atoms with Crippen LogP contribution in [0.1, 0.15) is 4.88 Å². The third kappa shape index (κ3) is 2.68. The maximum Gasteiger partial charge on any atom is 0.308 e. The number of ether oxygens (including phenoxy) is 2. The van der Waals surface area contributed by atoms with Crippen LogP contribution in [0.4, 0.5) is 0 Å². The second kappa shape index (κ2) is 5.54. The topological polar surface area (TPSA) is 73.1 Å². The molecule has 1 aliphatic rings.